The molecule has 0 atom stereocenters. The van der Waals surface area contributed by atoms with Gasteiger partial charge in [0.25, 0.3) is 11.8 Å². The van der Waals surface area contributed by atoms with Crippen LogP contribution < -0.4 is 16.2 Å². The van der Waals surface area contributed by atoms with E-state index >= 15 is 0 Å². The molecule has 1 saturated heterocycles. The van der Waals surface area contributed by atoms with Gasteiger partial charge in [-0.1, -0.05) is 12.1 Å². The molecule has 37 heavy (non-hydrogen) atoms. The number of hydrogen-bond acceptors (Lipinski definition) is 6. The number of nitriles is 1. The molecule has 196 valence electrons. The smallest absolute Gasteiger partial charge is 0.399 e. The van der Waals surface area contributed by atoms with E-state index in [2.05, 4.69) is 16.8 Å². The molecule has 0 bridgehead atoms. The maximum absolute atomic E-state index is 13.4. The number of anilines is 1. The maximum atomic E-state index is 13.4. The van der Waals surface area contributed by atoms with Crippen molar-refractivity contribution >= 4 is 30.1 Å². The van der Waals surface area contributed by atoms with Gasteiger partial charge in [-0.15, -0.1) is 0 Å². The van der Waals surface area contributed by atoms with E-state index in [0.717, 1.165) is 11.1 Å². The van der Waals surface area contributed by atoms with Crippen molar-refractivity contribution < 1.29 is 18.9 Å². The third-order valence-corrected chi connectivity index (χ3v) is 7.02. The zero-order valence-corrected chi connectivity index (χ0v) is 23.3. The zero-order chi connectivity index (χ0) is 27.8. The molecule has 0 spiro atoms. The number of benzene rings is 2. The first-order valence-electron chi connectivity index (χ1n) is 12.4. The van der Waals surface area contributed by atoms with Gasteiger partial charge < -0.3 is 14.6 Å². The summed E-state index contributed by atoms with van der Waals surface area (Å²) in [5.41, 5.74) is 5.16. The molecule has 0 saturated carbocycles. The topological polar surface area (TPSA) is 104 Å². The van der Waals surface area contributed by atoms with Crippen molar-refractivity contribution in [3.63, 3.8) is 0 Å². The van der Waals surface area contributed by atoms with Crippen LogP contribution in [-0.2, 0) is 9.31 Å². The van der Waals surface area contributed by atoms with Crippen LogP contribution >= 0.6 is 0 Å². The fraction of sp³-hybridized carbons (Fsp3) is 0.464. The quantitative estimate of drug-likeness (QED) is 0.361. The molecule has 2 N–H and O–H groups in total. The Hall–Kier alpha value is -3.35. The van der Waals surface area contributed by atoms with Crippen molar-refractivity contribution in [1.29, 1.82) is 5.26 Å². The number of amides is 2. The molecule has 1 fully saturated rings. The summed E-state index contributed by atoms with van der Waals surface area (Å²) in [5, 5.41) is 13.5. The molecule has 2 aromatic carbocycles. The van der Waals surface area contributed by atoms with E-state index in [1.54, 1.807) is 24.3 Å². The lowest BCUT2D eigenvalue weighted by Gasteiger charge is -2.35. The standard InChI is InChI=1S/C28H37BN4O4/c1-18-10-11-21(16-19(18)2)25(35)33(26(3,4)5)32-24(34)20-12-13-22(23(17-20)31-15-14-30)29-36-27(6,7)28(8,9)37-29/h10-13,16-17,31H,15H2,1-9H3,(H,32,34). The fourth-order valence-electron chi connectivity index (χ4n) is 3.85. The summed E-state index contributed by atoms with van der Waals surface area (Å²) >= 11 is 0. The molecule has 2 amide bonds. The predicted octanol–water partition coefficient (Wildman–Crippen LogP) is 4.12. The van der Waals surface area contributed by atoms with Gasteiger partial charge in [0.15, 0.2) is 0 Å². The molecule has 1 heterocycles. The fourth-order valence-corrected chi connectivity index (χ4v) is 3.85. The van der Waals surface area contributed by atoms with E-state index in [1.807, 2.05) is 74.4 Å². The predicted molar refractivity (Wildman–Crippen MR) is 146 cm³/mol. The van der Waals surface area contributed by atoms with Crippen LogP contribution in [0.1, 0.15) is 80.3 Å². The van der Waals surface area contributed by atoms with Gasteiger partial charge in [0.05, 0.1) is 22.8 Å². The van der Waals surface area contributed by atoms with Crippen LogP contribution in [0.15, 0.2) is 36.4 Å². The van der Waals surface area contributed by atoms with Crippen LogP contribution in [0.25, 0.3) is 0 Å². The highest BCUT2D eigenvalue weighted by molar-refractivity contribution is 6.64. The number of aryl methyl sites for hydroxylation is 2. The lowest BCUT2D eigenvalue weighted by Crippen LogP contribution is -2.56. The molecular weight excluding hydrogens is 467 g/mol. The molecule has 2 aromatic rings. The number of nitrogens with one attached hydrogen (secondary N) is 2. The molecule has 8 nitrogen and oxygen atoms in total. The Kier molecular flexibility index (Phi) is 7.78. The largest absolute Gasteiger partial charge is 0.496 e. The molecule has 0 unspecified atom stereocenters. The number of nitrogens with zero attached hydrogens (tertiary/aromatic N) is 2. The second-order valence-electron chi connectivity index (χ2n) is 11.5. The first-order valence-corrected chi connectivity index (χ1v) is 12.4. The van der Waals surface area contributed by atoms with Gasteiger partial charge in [0.1, 0.15) is 6.54 Å². The first kappa shape index (κ1) is 28.2. The van der Waals surface area contributed by atoms with Crippen molar-refractivity contribution in [2.75, 3.05) is 11.9 Å². The maximum Gasteiger partial charge on any atom is 0.496 e. The molecule has 0 radical (unpaired) electrons. The van der Waals surface area contributed by atoms with Gasteiger partial charge in [-0.3, -0.25) is 15.0 Å². The van der Waals surface area contributed by atoms with E-state index in [4.69, 9.17) is 14.6 Å². The molecule has 9 heteroatoms. The second-order valence-corrected chi connectivity index (χ2v) is 11.5. The lowest BCUT2D eigenvalue weighted by molar-refractivity contribution is 0.00578. The van der Waals surface area contributed by atoms with Crippen LogP contribution in [-0.4, -0.2) is 47.2 Å². The van der Waals surface area contributed by atoms with Gasteiger partial charge >= 0.3 is 7.12 Å². The molecule has 3 rings (SSSR count). The van der Waals surface area contributed by atoms with E-state index in [1.165, 1.54) is 5.01 Å². The third kappa shape index (κ3) is 5.98. The zero-order valence-electron chi connectivity index (χ0n) is 23.3. The number of rotatable bonds is 5. The number of hydrazine groups is 1. The van der Waals surface area contributed by atoms with Crippen molar-refractivity contribution in [2.24, 2.45) is 0 Å². The molecule has 0 aromatic heterocycles. The van der Waals surface area contributed by atoms with Gasteiger partial charge in [0, 0.05) is 22.3 Å². The Morgan fingerprint density at radius 1 is 0.973 bits per heavy atom. The minimum atomic E-state index is -0.684. The summed E-state index contributed by atoms with van der Waals surface area (Å²) in [6.45, 7) is 17.4. The molecule has 1 aliphatic heterocycles. The average molecular weight is 504 g/mol. The first-order chi connectivity index (χ1) is 17.1. The third-order valence-electron chi connectivity index (χ3n) is 7.02. The Balaban J connectivity index is 1.91. The lowest BCUT2D eigenvalue weighted by atomic mass is 9.77. The van der Waals surface area contributed by atoms with Crippen LogP contribution in [0.3, 0.4) is 0 Å². The summed E-state index contributed by atoms with van der Waals surface area (Å²) in [4.78, 5) is 26.8. The Morgan fingerprint density at radius 3 is 2.11 bits per heavy atom. The highest BCUT2D eigenvalue weighted by Gasteiger charge is 2.52. The monoisotopic (exact) mass is 504 g/mol. The minimum absolute atomic E-state index is 0.0386. The second kappa shape index (κ2) is 10.2. The highest BCUT2D eigenvalue weighted by Crippen LogP contribution is 2.37. The minimum Gasteiger partial charge on any atom is -0.399 e. The highest BCUT2D eigenvalue weighted by atomic mass is 16.7. The van der Waals surface area contributed by atoms with E-state index < -0.39 is 29.8 Å². The van der Waals surface area contributed by atoms with Crippen molar-refractivity contribution in [2.45, 2.75) is 79.1 Å². The van der Waals surface area contributed by atoms with Crippen LogP contribution in [0.2, 0.25) is 0 Å². The summed E-state index contributed by atoms with van der Waals surface area (Å²) < 4.78 is 12.4. The molecule has 1 aliphatic rings. The molecule has 0 aliphatic carbocycles. The summed E-state index contributed by atoms with van der Waals surface area (Å²) in [7, 11) is -0.666. The van der Waals surface area contributed by atoms with Crippen molar-refractivity contribution in [3.05, 3.63) is 58.7 Å². The average Bonchev–Trinajstić information content (AvgIpc) is 3.02. The van der Waals surface area contributed by atoms with E-state index in [0.29, 0.717) is 22.3 Å². The van der Waals surface area contributed by atoms with Gasteiger partial charge in [0.2, 0.25) is 0 Å². The van der Waals surface area contributed by atoms with E-state index in [-0.39, 0.29) is 12.5 Å². The van der Waals surface area contributed by atoms with Crippen LogP contribution in [0.5, 0.6) is 0 Å². The number of carbonyl (C=O) groups is 2. The molecular formula is C28H37BN4O4. The van der Waals surface area contributed by atoms with Crippen LogP contribution in [0.4, 0.5) is 5.69 Å². The number of carbonyl (C=O) groups excluding carboxylic acids is 2. The Bertz CT molecular complexity index is 1230. The summed E-state index contributed by atoms with van der Waals surface area (Å²) in [6, 6.07) is 12.6. The van der Waals surface area contributed by atoms with Crippen LogP contribution in [0, 0.1) is 25.2 Å². The van der Waals surface area contributed by atoms with Gasteiger partial charge in [-0.25, -0.2) is 5.01 Å². The summed E-state index contributed by atoms with van der Waals surface area (Å²) in [6.07, 6.45) is 0. The summed E-state index contributed by atoms with van der Waals surface area (Å²) in [5.74, 6) is -0.756. The van der Waals surface area contributed by atoms with Crippen molar-refractivity contribution in [1.82, 2.24) is 10.4 Å². The Morgan fingerprint density at radius 2 is 1.57 bits per heavy atom. The van der Waals surface area contributed by atoms with Crippen molar-refractivity contribution in [3.8, 4) is 6.07 Å². The van der Waals surface area contributed by atoms with E-state index in [9.17, 15) is 9.59 Å². The SMILES string of the molecule is Cc1ccc(C(=O)N(NC(=O)c2ccc(B3OC(C)(C)C(C)(C)O3)c(NCC#N)c2)C(C)(C)C)cc1C. The normalized spacial score (nSPS) is 16.2. The van der Waals surface area contributed by atoms with Gasteiger partial charge in [-0.05, 0) is 97.7 Å². The van der Waals surface area contributed by atoms with Gasteiger partial charge in [-0.2, -0.15) is 5.26 Å². The Labute approximate surface area is 220 Å². The number of hydrogen-bond donors (Lipinski definition) is 2.